The van der Waals surface area contributed by atoms with Crippen molar-refractivity contribution in [2.24, 2.45) is 0 Å². The summed E-state index contributed by atoms with van der Waals surface area (Å²) in [4.78, 5) is 4.46. The van der Waals surface area contributed by atoms with Gasteiger partial charge in [0.25, 0.3) is 0 Å². The van der Waals surface area contributed by atoms with Crippen LogP contribution in [0.1, 0.15) is 0 Å². The normalized spacial score (nSPS) is 13.0. The highest BCUT2D eigenvalue weighted by Gasteiger charge is 2.35. The molecule has 1 heterocycles. The van der Waals surface area contributed by atoms with Gasteiger partial charge < -0.3 is 4.23 Å². The fourth-order valence-electron chi connectivity index (χ4n) is 2.01. The lowest BCUT2D eigenvalue weighted by molar-refractivity contribution is 1.27. The average molecular weight is 245 g/mol. The molecule has 0 radical (unpaired) electrons. The quantitative estimate of drug-likeness (QED) is 0.755. The monoisotopic (exact) mass is 244 g/mol. The summed E-state index contributed by atoms with van der Waals surface area (Å²) in [5.41, 5.74) is 1.93. The summed E-state index contributed by atoms with van der Waals surface area (Å²) in [7, 11) is -2.57. The molecule has 0 spiro atoms. The Bertz CT molecular complexity index is 271. The van der Waals surface area contributed by atoms with E-state index in [4.69, 9.17) is 0 Å². The Kier molecular flexibility index (Phi) is 3.23. The van der Waals surface area contributed by atoms with Gasteiger partial charge in [-0.1, -0.05) is 39.3 Å². The molecular formula is C9H20N2SSi2. The average Bonchev–Trinajstić information content (AvgIpc) is 2.31. The van der Waals surface area contributed by atoms with Crippen LogP contribution in [0.3, 0.4) is 0 Å². The van der Waals surface area contributed by atoms with E-state index in [9.17, 15) is 0 Å². The third-order valence-electron chi connectivity index (χ3n) is 1.99. The number of nitrogens with zero attached hydrogens (tertiary/aromatic N) is 2. The van der Waals surface area contributed by atoms with Crippen molar-refractivity contribution in [3.05, 3.63) is 10.9 Å². The SMILES string of the molecule is C[Si](C)(C)N(c1cscn1)[Si](C)(C)C. The van der Waals surface area contributed by atoms with Gasteiger partial charge in [0.15, 0.2) is 0 Å². The van der Waals surface area contributed by atoms with Gasteiger partial charge in [-0.15, -0.1) is 11.3 Å². The molecule has 1 aromatic heterocycles. The molecule has 0 bridgehead atoms. The van der Waals surface area contributed by atoms with Crippen LogP contribution < -0.4 is 4.23 Å². The van der Waals surface area contributed by atoms with Crippen LogP contribution in [0.15, 0.2) is 10.9 Å². The van der Waals surface area contributed by atoms with Crippen molar-refractivity contribution in [2.75, 3.05) is 4.23 Å². The van der Waals surface area contributed by atoms with Gasteiger partial charge in [0.2, 0.25) is 0 Å². The van der Waals surface area contributed by atoms with Gasteiger partial charge in [0.1, 0.15) is 22.3 Å². The molecule has 2 nitrogen and oxygen atoms in total. The minimum Gasteiger partial charge on any atom is -0.409 e. The Morgan fingerprint density at radius 1 is 1.07 bits per heavy atom. The second-order valence-electron chi connectivity index (χ2n) is 5.52. The number of aromatic nitrogens is 1. The fraction of sp³-hybridized carbons (Fsp3) is 0.667. The highest BCUT2D eigenvalue weighted by molar-refractivity contribution is 7.08. The Labute approximate surface area is 93.2 Å². The number of thiazole rings is 1. The highest BCUT2D eigenvalue weighted by atomic mass is 32.1. The molecule has 0 aliphatic carbocycles. The molecule has 0 saturated carbocycles. The Balaban J connectivity index is 3.08. The molecule has 0 amide bonds. The first-order chi connectivity index (χ1) is 6.23. The molecule has 0 atom stereocenters. The summed E-state index contributed by atoms with van der Waals surface area (Å²) >= 11 is 1.69. The minimum atomic E-state index is -1.29. The third kappa shape index (κ3) is 2.68. The van der Waals surface area contributed by atoms with Crippen LogP contribution in [0.5, 0.6) is 0 Å². The van der Waals surface area contributed by atoms with Gasteiger partial charge in [0.05, 0.1) is 5.51 Å². The Morgan fingerprint density at radius 2 is 1.57 bits per heavy atom. The second-order valence-corrected chi connectivity index (χ2v) is 16.3. The molecule has 1 aromatic rings. The van der Waals surface area contributed by atoms with Crippen molar-refractivity contribution in [3.63, 3.8) is 0 Å². The predicted octanol–water partition coefficient (Wildman–Crippen LogP) is 3.62. The first-order valence-electron chi connectivity index (χ1n) is 4.91. The maximum absolute atomic E-state index is 4.46. The molecule has 0 aromatic carbocycles. The molecule has 0 N–H and O–H groups in total. The van der Waals surface area contributed by atoms with E-state index in [1.165, 1.54) is 5.82 Å². The lowest BCUT2D eigenvalue weighted by atomic mass is 10.8. The van der Waals surface area contributed by atoms with Crippen LogP contribution in [-0.2, 0) is 0 Å². The predicted molar refractivity (Wildman–Crippen MR) is 71.3 cm³/mol. The number of rotatable bonds is 3. The number of anilines is 1. The smallest absolute Gasteiger partial charge is 0.140 e. The zero-order valence-electron chi connectivity index (χ0n) is 9.96. The van der Waals surface area contributed by atoms with E-state index in [2.05, 4.69) is 53.9 Å². The van der Waals surface area contributed by atoms with E-state index in [1.54, 1.807) is 11.3 Å². The minimum absolute atomic E-state index is 1.20. The van der Waals surface area contributed by atoms with Gasteiger partial charge >= 0.3 is 0 Å². The van der Waals surface area contributed by atoms with Gasteiger partial charge in [-0.2, -0.15) is 0 Å². The van der Waals surface area contributed by atoms with Crippen molar-refractivity contribution in [3.8, 4) is 0 Å². The van der Waals surface area contributed by atoms with Gasteiger partial charge in [-0.3, -0.25) is 0 Å². The fourth-order valence-corrected chi connectivity index (χ4v) is 12.4. The lowest BCUT2D eigenvalue weighted by Gasteiger charge is -2.44. The van der Waals surface area contributed by atoms with Crippen LogP contribution in [0, 0.1) is 0 Å². The summed E-state index contributed by atoms with van der Waals surface area (Å²) < 4.78 is 2.64. The van der Waals surface area contributed by atoms with Crippen molar-refractivity contribution in [2.45, 2.75) is 39.3 Å². The zero-order valence-corrected chi connectivity index (χ0v) is 12.8. The van der Waals surface area contributed by atoms with Gasteiger partial charge in [-0.05, 0) is 0 Å². The van der Waals surface area contributed by atoms with E-state index < -0.39 is 16.5 Å². The van der Waals surface area contributed by atoms with Gasteiger partial charge in [0, 0.05) is 5.38 Å². The van der Waals surface area contributed by atoms with Crippen LogP contribution in [-0.4, -0.2) is 21.5 Å². The largest absolute Gasteiger partial charge is 0.409 e. The summed E-state index contributed by atoms with van der Waals surface area (Å²) in [5, 5.41) is 2.18. The highest BCUT2D eigenvalue weighted by Crippen LogP contribution is 2.27. The molecule has 5 heteroatoms. The van der Waals surface area contributed by atoms with E-state index in [-0.39, 0.29) is 0 Å². The zero-order chi connectivity index (χ0) is 11.0. The molecule has 0 fully saturated rings. The second kappa shape index (κ2) is 3.79. The topological polar surface area (TPSA) is 16.1 Å². The number of hydrogen-bond donors (Lipinski definition) is 0. The standard InChI is InChI=1S/C9H20N2SSi2/c1-13(2,3)11(14(4,5)6)9-7-12-8-10-9/h7-8H,1-6H3. The van der Waals surface area contributed by atoms with E-state index in [0.717, 1.165) is 0 Å². The molecule has 80 valence electrons. The van der Waals surface area contributed by atoms with Gasteiger partial charge in [-0.25, -0.2) is 4.98 Å². The maximum Gasteiger partial charge on any atom is 0.140 e. The maximum atomic E-state index is 4.46. The molecular weight excluding hydrogens is 224 g/mol. The van der Waals surface area contributed by atoms with E-state index >= 15 is 0 Å². The first-order valence-corrected chi connectivity index (χ1v) is 12.7. The summed E-state index contributed by atoms with van der Waals surface area (Å²) in [6, 6.07) is 0. The van der Waals surface area contributed by atoms with Crippen molar-refractivity contribution in [1.29, 1.82) is 0 Å². The Hall–Kier alpha value is -0.136. The summed E-state index contributed by atoms with van der Waals surface area (Å²) in [6.07, 6.45) is 0. The van der Waals surface area contributed by atoms with Crippen molar-refractivity contribution >= 4 is 33.6 Å². The summed E-state index contributed by atoms with van der Waals surface area (Å²) in [5.74, 6) is 1.20. The molecule has 0 aliphatic rings. The van der Waals surface area contributed by atoms with Crippen molar-refractivity contribution < 1.29 is 0 Å². The van der Waals surface area contributed by atoms with E-state index in [0.29, 0.717) is 0 Å². The summed E-state index contributed by atoms with van der Waals surface area (Å²) in [6.45, 7) is 14.4. The molecule has 1 rings (SSSR count). The molecule has 0 aliphatic heterocycles. The Morgan fingerprint density at radius 3 is 1.86 bits per heavy atom. The molecule has 0 saturated heterocycles. The van der Waals surface area contributed by atoms with Crippen LogP contribution in [0.25, 0.3) is 0 Å². The van der Waals surface area contributed by atoms with Crippen LogP contribution >= 0.6 is 11.3 Å². The molecule has 0 unspecified atom stereocenters. The van der Waals surface area contributed by atoms with Crippen LogP contribution in [0.4, 0.5) is 5.82 Å². The third-order valence-corrected chi connectivity index (χ3v) is 9.73. The van der Waals surface area contributed by atoms with Crippen molar-refractivity contribution in [1.82, 2.24) is 4.98 Å². The van der Waals surface area contributed by atoms with E-state index in [1.807, 2.05) is 5.51 Å². The molecule has 14 heavy (non-hydrogen) atoms. The first kappa shape index (κ1) is 11.9. The number of hydrogen-bond acceptors (Lipinski definition) is 3. The lowest BCUT2D eigenvalue weighted by Crippen LogP contribution is -2.59. The van der Waals surface area contributed by atoms with Crippen LogP contribution in [0.2, 0.25) is 39.3 Å².